The maximum absolute atomic E-state index is 10.0. The molecule has 0 fully saturated rings. The Hall–Kier alpha value is -0.930. The number of phenols is 1. The summed E-state index contributed by atoms with van der Waals surface area (Å²) >= 11 is 3.39. The van der Waals surface area contributed by atoms with Gasteiger partial charge in [0.1, 0.15) is 5.75 Å². The van der Waals surface area contributed by atoms with Crippen LogP contribution in [0.4, 0.5) is 0 Å². The maximum atomic E-state index is 10.0. The fraction of sp³-hybridized carbons (Fsp3) is 0.231. The number of rotatable bonds is 3. The molecule has 0 aliphatic heterocycles. The monoisotopic (exact) mass is 250 g/mol. The lowest BCUT2D eigenvalue weighted by atomic mass is 10.1. The van der Waals surface area contributed by atoms with Crippen molar-refractivity contribution in [1.82, 2.24) is 0 Å². The Balaban J connectivity index is 2.28. The van der Waals surface area contributed by atoms with Crippen LogP contribution in [0.1, 0.15) is 17.4 Å². The summed E-state index contributed by atoms with van der Waals surface area (Å²) < 4.78 is 1.22. The summed E-state index contributed by atoms with van der Waals surface area (Å²) in [6.45, 7) is 4.15. The van der Waals surface area contributed by atoms with Crippen LogP contribution in [0, 0.1) is 6.92 Å². The average molecular weight is 250 g/mol. The Labute approximate surface area is 104 Å². The van der Waals surface area contributed by atoms with Crippen molar-refractivity contribution < 1.29 is 5.11 Å². The second-order valence-corrected chi connectivity index (χ2v) is 6.21. The first-order valence-corrected chi connectivity index (χ1v) is 6.89. The molecule has 0 bridgehead atoms. The number of benzene rings is 1. The lowest BCUT2D eigenvalue weighted by Crippen LogP contribution is -1.82. The molecule has 16 heavy (non-hydrogen) atoms. The van der Waals surface area contributed by atoms with Gasteiger partial charge in [-0.3, -0.25) is 0 Å². The van der Waals surface area contributed by atoms with E-state index in [-0.39, 0.29) is 0 Å². The Morgan fingerprint density at radius 3 is 2.69 bits per heavy atom. The van der Waals surface area contributed by atoms with Gasteiger partial charge in [0.05, 0.1) is 9.10 Å². The molecule has 0 unspecified atom stereocenters. The fourth-order valence-corrected chi connectivity index (χ4v) is 3.66. The molecule has 0 spiro atoms. The van der Waals surface area contributed by atoms with Gasteiger partial charge in [0.2, 0.25) is 0 Å². The quantitative estimate of drug-likeness (QED) is 0.867. The molecule has 0 amide bonds. The number of phenolic OH excluding ortho intramolecular Hbond substituents is 1. The van der Waals surface area contributed by atoms with Crippen molar-refractivity contribution in [2.45, 2.75) is 29.4 Å². The molecule has 1 N–H and O–H groups in total. The van der Waals surface area contributed by atoms with E-state index < -0.39 is 0 Å². The van der Waals surface area contributed by atoms with Gasteiger partial charge in [0, 0.05) is 4.88 Å². The first kappa shape index (κ1) is 11.6. The molecule has 3 heteroatoms. The Morgan fingerprint density at radius 1 is 1.25 bits per heavy atom. The summed E-state index contributed by atoms with van der Waals surface area (Å²) in [7, 11) is 0. The zero-order chi connectivity index (χ0) is 11.5. The van der Waals surface area contributed by atoms with E-state index in [0.717, 1.165) is 16.9 Å². The van der Waals surface area contributed by atoms with Crippen molar-refractivity contribution >= 4 is 23.1 Å². The third-order valence-electron chi connectivity index (χ3n) is 2.39. The highest BCUT2D eigenvalue weighted by molar-refractivity contribution is 8.01. The molecular formula is C13H14OS2. The van der Waals surface area contributed by atoms with Gasteiger partial charge < -0.3 is 5.11 Å². The zero-order valence-corrected chi connectivity index (χ0v) is 11.0. The Bertz CT molecular complexity index is 488. The largest absolute Gasteiger partial charge is 0.506 e. The first-order chi connectivity index (χ1) is 7.70. The molecule has 84 valence electrons. The first-order valence-electron chi connectivity index (χ1n) is 5.26. The van der Waals surface area contributed by atoms with Crippen molar-refractivity contribution in [3.05, 3.63) is 40.8 Å². The van der Waals surface area contributed by atoms with Crippen LogP contribution in [0.25, 0.3) is 0 Å². The van der Waals surface area contributed by atoms with Crippen LogP contribution in [0.3, 0.4) is 0 Å². The van der Waals surface area contributed by atoms with E-state index in [2.05, 4.69) is 26.0 Å². The van der Waals surface area contributed by atoms with Crippen LogP contribution in [0.15, 0.2) is 39.4 Å². The molecule has 0 atom stereocenters. The summed E-state index contributed by atoms with van der Waals surface area (Å²) in [6, 6.07) is 10.1. The van der Waals surface area contributed by atoms with Gasteiger partial charge in [-0.1, -0.05) is 30.8 Å². The second-order valence-electron chi connectivity index (χ2n) is 3.58. The molecule has 0 aliphatic carbocycles. The van der Waals surface area contributed by atoms with Gasteiger partial charge in [-0.2, -0.15) is 0 Å². The van der Waals surface area contributed by atoms with E-state index in [0.29, 0.717) is 5.75 Å². The molecular weight excluding hydrogens is 236 g/mol. The minimum atomic E-state index is 0.432. The second kappa shape index (κ2) is 4.93. The number of aromatic hydroxyl groups is 1. The smallest absolute Gasteiger partial charge is 0.132 e. The predicted molar refractivity (Wildman–Crippen MR) is 70.7 cm³/mol. The Morgan fingerprint density at radius 2 is 2.06 bits per heavy atom. The number of para-hydroxylation sites is 1. The number of thiophene rings is 1. The van der Waals surface area contributed by atoms with Gasteiger partial charge in [-0.15, -0.1) is 11.3 Å². The standard InChI is InChI=1S/C13H14OS2/c1-3-10-5-4-6-11(13(10)14)16-12-8-7-9(2)15-12/h4-8,14H,3H2,1-2H3. The molecule has 0 aliphatic rings. The van der Waals surface area contributed by atoms with E-state index in [1.165, 1.54) is 9.09 Å². The van der Waals surface area contributed by atoms with Crippen LogP contribution in [-0.4, -0.2) is 5.11 Å². The molecule has 1 aromatic carbocycles. The number of hydrogen-bond donors (Lipinski definition) is 1. The third kappa shape index (κ3) is 2.42. The summed E-state index contributed by atoms with van der Waals surface area (Å²) in [5.41, 5.74) is 1.01. The van der Waals surface area contributed by atoms with Crippen molar-refractivity contribution in [1.29, 1.82) is 0 Å². The molecule has 2 aromatic rings. The van der Waals surface area contributed by atoms with Crippen LogP contribution >= 0.6 is 23.1 Å². The lowest BCUT2D eigenvalue weighted by Gasteiger charge is -2.06. The van der Waals surface area contributed by atoms with Gasteiger partial charge in [-0.25, -0.2) is 0 Å². The number of hydrogen-bond acceptors (Lipinski definition) is 3. The van der Waals surface area contributed by atoms with Crippen molar-refractivity contribution in [3.63, 3.8) is 0 Å². The molecule has 0 radical (unpaired) electrons. The lowest BCUT2D eigenvalue weighted by molar-refractivity contribution is 0.456. The summed E-state index contributed by atoms with van der Waals surface area (Å²) in [6.07, 6.45) is 0.865. The van der Waals surface area contributed by atoms with E-state index in [1.807, 2.05) is 18.2 Å². The molecule has 2 rings (SSSR count). The Kier molecular flexibility index (Phi) is 3.56. The highest BCUT2D eigenvalue weighted by atomic mass is 32.2. The van der Waals surface area contributed by atoms with Crippen molar-refractivity contribution in [2.24, 2.45) is 0 Å². The average Bonchev–Trinajstić information content (AvgIpc) is 2.67. The third-order valence-corrected chi connectivity index (χ3v) is 4.57. The predicted octanol–water partition coefficient (Wildman–Crippen LogP) is 4.48. The normalized spacial score (nSPS) is 10.6. The summed E-state index contributed by atoms with van der Waals surface area (Å²) in [5, 5.41) is 10.0. The van der Waals surface area contributed by atoms with Gasteiger partial charge in [0.25, 0.3) is 0 Å². The zero-order valence-electron chi connectivity index (χ0n) is 9.36. The van der Waals surface area contributed by atoms with E-state index in [9.17, 15) is 5.11 Å². The topological polar surface area (TPSA) is 20.2 Å². The van der Waals surface area contributed by atoms with Crippen molar-refractivity contribution in [2.75, 3.05) is 0 Å². The fourth-order valence-electron chi connectivity index (χ4n) is 1.51. The van der Waals surface area contributed by atoms with Gasteiger partial charge in [-0.05, 0) is 37.1 Å². The molecule has 0 saturated heterocycles. The van der Waals surface area contributed by atoms with Crippen molar-refractivity contribution in [3.8, 4) is 5.75 Å². The summed E-state index contributed by atoms with van der Waals surface area (Å²) in [5.74, 6) is 0.432. The molecule has 1 nitrogen and oxygen atoms in total. The molecule has 0 saturated carbocycles. The molecule has 1 aromatic heterocycles. The SMILES string of the molecule is CCc1cccc(Sc2ccc(C)s2)c1O. The highest BCUT2D eigenvalue weighted by Gasteiger charge is 2.08. The van der Waals surface area contributed by atoms with E-state index >= 15 is 0 Å². The maximum Gasteiger partial charge on any atom is 0.132 e. The number of aryl methyl sites for hydroxylation is 2. The van der Waals surface area contributed by atoms with Crippen LogP contribution in [0.2, 0.25) is 0 Å². The van der Waals surface area contributed by atoms with Crippen LogP contribution < -0.4 is 0 Å². The van der Waals surface area contributed by atoms with Crippen LogP contribution in [0.5, 0.6) is 5.75 Å². The van der Waals surface area contributed by atoms with Gasteiger partial charge >= 0.3 is 0 Å². The van der Waals surface area contributed by atoms with Gasteiger partial charge in [0.15, 0.2) is 0 Å². The van der Waals surface area contributed by atoms with Crippen LogP contribution in [-0.2, 0) is 6.42 Å². The highest BCUT2D eigenvalue weighted by Crippen LogP contribution is 2.39. The van der Waals surface area contributed by atoms with E-state index in [1.54, 1.807) is 23.1 Å². The molecule has 1 heterocycles. The minimum Gasteiger partial charge on any atom is -0.506 e. The summed E-state index contributed by atoms with van der Waals surface area (Å²) in [4.78, 5) is 2.25. The minimum absolute atomic E-state index is 0.432. The van der Waals surface area contributed by atoms with E-state index in [4.69, 9.17) is 0 Å².